The van der Waals surface area contributed by atoms with E-state index in [9.17, 15) is 0 Å². The zero-order valence-electron chi connectivity index (χ0n) is 62.9. The monoisotopic (exact) mass is 1580 g/mol. The molecule has 0 radical (unpaired) electrons. The van der Waals surface area contributed by atoms with Crippen LogP contribution in [0.15, 0.2) is 222 Å². The van der Waals surface area contributed by atoms with E-state index in [-0.39, 0.29) is 0 Å². The Bertz CT molecular complexity index is 8700. The van der Waals surface area contributed by atoms with Gasteiger partial charge in [0, 0.05) is 63.3 Å². The Morgan fingerprint density at radius 3 is 1.22 bits per heavy atom. The zero-order valence-corrected chi connectivity index (χ0v) is 68.0. The summed E-state index contributed by atoms with van der Waals surface area (Å²) >= 11 is 8.86. The van der Waals surface area contributed by atoms with E-state index >= 15 is 0 Å². The maximum Gasteiger partial charge on any atom is 0.218 e. The van der Waals surface area contributed by atoms with Gasteiger partial charge in [-0.1, -0.05) is 121 Å². The SMILES string of the molecule is Cc1ccc(-n2c3c4ccc(C)cc4oc3c3oc4c(oc5c4sc4c6ccc(C)cc6sc54)c32)cc1.Cc1ccc(-n2c3c4ccc(C)cc4oc3c3oc4c5c(oc4c32)-c2sc3cc(C)ccc3c2[Si]5(C)C)cc1.Cc1ccc(-n2c3cc(C)ccc3c3sc4c5oc6c(oc7c8ccc(C)cc8sc76)c5oc4c32)cc1. The highest BCUT2D eigenvalue weighted by Crippen LogP contribution is 2.56. The van der Waals surface area contributed by atoms with Crippen molar-refractivity contribution in [3.63, 3.8) is 0 Å². The lowest BCUT2D eigenvalue weighted by Crippen LogP contribution is -2.49. The summed E-state index contributed by atoms with van der Waals surface area (Å²) in [5.41, 5.74) is 34.1. The van der Waals surface area contributed by atoms with Crippen molar-refractivity contribution < 1.29 is 39.8 Å². The van der Waals surface area contributed by atoms with E-state index in [1.807, 2.05) is 11.3 Å². The van der Waals surface area contributed by atoms with E-state index in [0.717, 1.165) is 170 Å². The summed E-state index contributed by atoms with van der Waals surface area (Å²) in [7, 11) is -2.09. The molecule has 0 unspecified atom stereocenters. The van der Waals surface area contributed by atoms with Gasteiger partial charge in [0.05, 0.1) is 24.5 Å². The number of benzene rings is 9. The molecular formula is C95H63N3O9S5Si. The highest BCUT2D eigenvalue weighted by atomic mass is 32.1. The third-order valence-corrected chi connectivity index (χ3v) is 33.1. The van der Waals surface area contributed by atoms with E-state index < -0.39 is 8.07 Å². The van der Waals surface area contributed by atoms with Crippen LogP contribution in [0.4, 0.5) is 0 Å². The molecule has 0 spiro atoms. The standard InChI is InChI=1S/C33H25NO3SSi.2C31H19NO3S2/c1-16-6-10-19(11-7-16)34-24-20-12-8-17(2)14-22(20)35-26(24)27-25(34)28-29(36-27)33-30(37-28)31-32(39(33,4)5)21-13-9-18(3)15-23(21)38-31;1-14-4-8-17(9-5-14)32-20-12-15(2)6-10-18(20)29-22(32)24-31(37-29)28-26(34-24)25-27(35-28)30-23(33-25)19-11-7-16(3)13-21(19)36-30;1-14-4-8-17(9-5-14)32-22-18-10-6-15(2)12-20(18)33-24(22)25-23(32)26-27(34-25)30-28(35-26)31-29(37-30)19-11-7-16(3)13-21(19)36-31/h6-15H,1-5H3;2*4-13H,1-3H3. The largest absolute Gasteiger partial charge is 0.450 e. The second-order valence-electron chi connectivity index (χ2n) is 31.6. The average molecular weight is 1580 g/mol. The number of fused-ring (bicyclic) bond motifs is 39. The first-order valence-corrected chi connectivity index (χ1v) is 45.0. The normalized spacial score (nSPS) is 13.3. The molecule has 9 aromatic carbocycles. The quantitative estimate of drug-likeness (QED) is 0.159. The van der Waals surface area contributed by atoms with E-state index in [2.05, 4.69) is 271 Å². The topological polar surface area (TPSA) is 133 Å². The van der Waals surface area contributed by atoms with Gasteiger partial charge in [-0.3, -0.25) is 9.13 Å². The van der Waals surface area contributed by atoms with Crippen LogP contribution in [0.3, 0.4) is 0 Å². The molecule has 12 nitrogen and oxygen atoms in total. The molecule has 113 heavy (non-hydrogen) atoms. The summed E-state index contributed by atoms with van der Waals surface area (Å²) in [5, 5.41) is 9.89. The highest BCUT2D eigenvalue weighted by molar-refractivity contribution is 7.37. The van der Waals surface area contributed by atoms with E-state index in [0.29, 0.717) is 11.2 Å². The van der Waals surface area contributed by atoms with Gasteiger partial charge in [0.2, 0.25) is 11.2 Å². The molecule has 0 bridgehead atoms. The Kier molecular flexibility index (Phi) is 12.8. The second-order valence-corrected chi connectivity index (χ2v) is 41.1. The fourth-order valence-corrected chi connectivity index (χ4v) is 28.8. The molecule has 1 aliphatic rings. The number of thiophene rings is 5. The molecule has 0 fully saturated rings. The number of hydrogen-bond acceptors (Lipinski definition) is 14. The molecule has 18 heteroatoms. The Balaban J connectivity index is 0.0000000959. The van der Waals surface area contributed by atoms with Crippen molar-refractivity contribution in [1.82, 2.24) is 13.7 Å². The lowest BCUT2D eigenvalue weighted by atomic mass is 10.2. The Hall–Kier alpha value is -12.0. The maximum absolute atomic E-state index is 6.89. The van der Waals surface area contributed by atoms with Crippen LogP contribution in [0.1, 0.15) is 50.1 Å². The van der Waals surface area contributed by atoms with Gasteiger partial charge in [-0.2, -0.15) is 0 Å². The Morgan fingerprint density at radius 2 is 0.628 bits per heavy atom. The van der Waals surface area contributed by atoms with Crippen LogP contribution in [0, 0.1) is 62.3 Å². The van der Waals surface area contributed by atoms with Gasteiger partial charge in [-0.05, 0) is 197 Å². The molecule has 1 aliphatic heterocycles. The van der Waals surface area contributed by atoms with Gasteiger partial charge in [0.1, 0.15) is 66.7 Å². The molecular weight excluding hydrogens is 1520 g/mol. The van der Waals surface area contributed by atoms with E-state index in [1.54, 1.807) is 45.3 Å². The van der Waals surface area contributed by atoms with Crippen LogP contribution in [-0.2, 0) is 0 Å². The van der Waals surface area contributed by atoms with Crippen molar-refractivity contribution >= 4 is 278 Å². The van der Waals surface area contributed by atoms with Crippen molar-refractivity contribution in [3.8, 4) is 27.7 Å². The molecule has 17 aromatic heterocycles. The molecule has 0 N–H and O–H groups in total. The average Bonchev–Trinajstić information content (AvgIpc) is 1.50. The van der Waals surface area contributed by atoms with Crippen LogP contribution in [0.25, 0.3) is 230 Å². The molecule has 0 saturated heterocycles. The highest BCUT2D eigenvalue weighted by Gasteiger charge is 2.48. The predicted octanol–water partition coefficient (Wildman–Crippen LogP) is 29.6. The van der Waals surface area contributed by atoms with Crippen molar-refractivity contribution in [2.45, 2.75) is 75.4 Å². The minimum Gasteiger partial charge on any atom is -0.450 e. The third kappa shape index (κ3) is 8.71. The Labute approximate surface area is 661 Å². The molecule has 26 aromatic rings. The van der Waals surface area contributed by atoms with E-state index in [4.69, 9.17) is 39.8 Å². The summed E-state index contributed by atoms with van der Waals surface area (Å²) in [4.78, 5) is 1.28. The van der Waals surface area contributed by atoms with Gasteiger partial charge in [-0.15, -0.1) is 56.7 Å². The van der Waals surface area contributed by atoms with Crippen molar-refractivity contribution in [2.24, 2.45) is 0 Å². The lowest BCUT2D eigenvalue weighted by Gasteiger charge is -2.16. The van der Waals surface area contributed by atoms with Crippen LogP contribution < -0.4 is 10.4 Å². The number of furan rings is 9. The molecule has 546 valence electrons. The van der Waals surface area contributed by atoms with Crippen molar-refractivity contribution in [2.75, 3.05) is 0 Å². The van der Waals surface area contributed by atoms with Crippen molar-refractivity contribution in [3.05, 3.63) is 232 Å². The number of rotatable bonds is 3. The van der Waals surface area contributed by atoms with Gasteiger partial charge in [-0.25, -0.2) is 0 Å². The first-order valence-electron chi connectivity index (χ1n) is 37.9. The van der Waals surface area contributed by atoms with Crippen LogP contribution in [-0.4, -0.2) is 21.8 Å². The summed E-state index contributed by atoms with van der Waals surface area (Å²) in [6, 6.07) is 65.3. The number of aryl methyl sites for hydroxylation is 9. The number of hydrogen-bond donors (Lipinski definition) is 0. The summed E-state index contributed by atoms with van der Waals surface area (Å²) in [6.07, 6.45) is 0. The predicted molar refractivity (Wildman–Crippen MR) is 475 cm³/mol. The summed E-state index contributed by atoms with van der Waals surface area (Å²) in [6.45, 7) is 23.9. The molecule has 27 rings (SSSR count). The fraction of sp³-hybridized carbons (Fsp3) is 0.116. The molecule has 0 saturated carbocycles. The second kappa shape index (κ2) is 22.4. The van der Waals surface area contributed by atoms with Gasteiger partial charge in [0.25, 0.3) is 0 Å². The lowest BCUT2D eigenvalue weighted by molar-refractivity contribution is 0.625. The van der Waals surface area contributed by atoms with Crippen LogP contribution in [0.2, 0.25) is 13.1 Å². The molecule has 0 aliphatic carbocycles. The minimum absolute atomic E-state index is 0.693. The summed E-state index contributed by atoms with van der Waals surface area (Å²) < 4.78 is 77.1. The fourth-order valence-electron chi connectivity index (χ4n) is 18.1. The number of nitrogens with zero attached hydrogens (tertiary/aromatic N) is 3. The van der Waals surface area contributed by atoms with Crippen molar-refractivity contribution in [1.29, 1.82) is 0 Å². The van der Waals surface area contributed by atoms with Crippen LogP contribution in [0.5, 0.6) is 0 Å². The van der Waals surface area contributed by atoms with Gasteiger partial charge < -0.3 is 44.3 Å². The first kappa shape index (κ1) is 64.6. The van der Waals surface area contributed by atoms with Gasteiger partial charge in [0.15, 0.2) is 72.6 Å². The Morgan fingerprint density at radius 1 is 0.239 bits per heavy atom. The molecule has 0 atom stereocenters. The van der Waals surface area contributed by atoms with E-state index in [1.165, 1.54) is 110 Å². The molecule has 0 amide bonds. The van der Waals surface area contributed by atoms with Gasteiger partial charge >= 0.3 is 0 Å². The number of aromatic nitrogens is 3. The molecule has 18 heterocycles. The third-order valence-electron chi connectivity index (χ3n) is 23.4. The maximum atomic E-state index is 6.89. The summed E-state index contributed by atoms with van der Waals surface area (Å²) in [5.74, 6) is 1.00. The minimum atomic E-state index is -2.09. The van der Waals surface area contributed by atoms with Crippen LogP contribution >= 0.6 is 56.7 Å². The zero-order chi connectivity index (χ0) is 75.5. The first-order chi connectivity index (χ1) is 54.9. The smallest absolute Gasteiger partial charge is 0.218 e.